The predicted octanol–water partition coefficient (Wildman–Crippen LogP) is 37.5. The third-order valence-corrected chi connectivity index (χ3v) is 29.0. The minimum Gasteiger partial charge on any atom is -0.456 e. The molecule has 7 aromatic heterocycles. The number of pyridine rings is 3. The Morgan fingerprint density at radius 2 is 0.354 bits per heavy atom. The Morgan fingerprint density at radius 1 is 0.116 bits per heavy atom. The molecule has 147 heavy (non-hydrogen) atoms. The summed E-state index contributed by atoms with van der Waals surface area (Å²) in [6, 6.07) is 179. The minimum atomic E-state index is 0.635. The summed E-state index contributed by atoms with van der Waals surface area (Å²) in [5.74, 6) is 1.93. The average molecular weight is 1870 g/mol. The summed E-state index contributed by atoms with van der Waals surface area (Å²) in [6.07, 6.45) is 0. The van der Waals surface area contributed by atoms with E-state index in [1.54, 1.807) is 0 Å². The van der Waals surface area contributed by atoms with E-state index in [9.17, 15) is 0 Å². The summed E-state index contributed by atoms with van der Waals surface area (Å²) in [6.45, 7) is 0. The zero-order chi connectivity index (χ0) is 96.9. The summed E-state index contributed by atoms with van der Waals surface area (Å²) >= 11 is 0. The standard InChI is InChI=1S/C52H32N4O.C43H25NO.C43H27NO/c1-4-13-36(14-5-1)48-43-31-32-45-47(41-19-10-11-22-44(41)57-45)46(43)42-21-12-20-40(49(42)53-48)35-27-23-33(24-28-35)34-25-29-39(30-26-34)52-55-50(37-15-6-2-7-16-37)54-51(56-52)38-17-8-3-9-18-38;1-2-11-26(12-3-1)42-36-23-24-39-41(34-17-8-9-20-38(34)45-39)40(36)35-19-10-18-28(43(35)44-42)27-21-22-33-31-15-5-4-13-29(31)30-14-6-7-16-32(30)37(33)25-27;1-4-13-28(14-5-1)31-25-32(29-15-6-2-7-16-29)27-33(26-31)34-20-12-21-36-40-37(42(44-43(34)36)30-17-8-3-9-18-30)23-24-39-41(40)35-19-10-11-22-38(35)45-39/h1-32H;1-25H;1-27H. The normalized spacial score (nSPS) is 11.7. The van der Waals surface area contributed by atoms with Crippen molar-refractivity contribution in [1.29, 1.82) is 0 Å². The van der Waals surface area contributed by atoms with Gasteiger partial charge in [-0.15, -0.1) is 0 Å². The lowest BCUT2D eigenvalue weighted by Gasteiger charge is -2.16. The van der Waals surface area contributed by atoms with Crippen molar-refractivity contribution < 1.29 is 13.3 Å². The maximum atomic E-state index is 6.38. The fraction of sp³-hybridized carbons (Fsp3) is 0. The Bertz CT molecular complexity index is 10300. The highest BCUT2D eigenvalue weighted by molar-refractivity contribution is 6.33. The van der Waals surface area contributed by atoms with Gasteiger partial charge < -0.3 is 13.3 Å². The zero-order valence-corrected chi connectivity index (χ0v) is 79.4. The van der Waals surface area contributed by atoms with Crippen LogP contribution in [0.3, 0.4) is 0 Å². The molecule has 0 radical (unpaired) electrons. The first-order valence-electron chi connectivity index (χ1n) is 49.7. The molecule has 0 aliphatic rings. The molecule has 0 atom stereocenters. The fourth-order valence-electron chi connectivity index (χ4n) is 22.2. The molecule has 7 heterocycles. The Balaban J connectivity index is 0.000000108. The quantitative estimate of drug-likeness (QED) is 0.110. The first kappa shape index (κ1) is 85.3. The largest absolute Gasteiger partial charge is 0.456 e. The van der Waals surface area contributed by atoms with Crippen molar-refractivity contribution in [2.45, 2.75) is 0 Å². The molecule has 0 N–H and O–H groups in total. The van der Waals surface area contributed by atoms with Crippen LogP contribution in [-0.2, 0) is 0 Å². The summed E-state index contributed by atoms with van der Waals surface area (Å²) < 4.78 is 19.1. The van der Waals surface area contributed by atoms with Gasteiger partial charge in [-0.3, -0.25) is 0 Å². The number of hydrogen-bond donors (Lipinski definition) is 0. The van der Waals surface area contributed by atoms with Crippen molar-refractivity contribution in [2.24, 2.45) is 0 Å². The number of benzene rings is 23. The Labute approximate surface area is 844 Å². The molecule has 0 aliphatic carbocycles. The third-order valence-electron chi connectivity index (χ3n) is 29.0. The van der Waals surface area contributed by atoms with Gasteiger partial charge in [0.25, 0.3) is 0 Å². The number of nitrogens with zero attached hydrogens (tertiary/aromatic N) is 6. The molecule has 0 unspecified atom stereocenters. The van der Waals surface area contributed by atoms with Crippen LogP contribution in [0, 0.1) is 0 Å². The van der Waals surface area contributed by atoms with Gasteiger partial charge in [-0.25, -0.2) is 29.9 Å². The van der Waals surface area contributed by atoms with E-state index >= 15 is 0 Å². The number of para-hydroxylation sites is 6. The summed E-state index contributed by atoms with van der Waals surface area (Å²) in [5.41, 5.74) is 30.9. The Hall–Kier alpha value is -19.7. The van der Waals surface area contributed by atoms with Crippen molar-refractivity contribution in [1.82, 2.24) is 29.9 Å². The van der Waals surface area contributed by atoms with E-state index in [-0.39, 0.29) is 0 Å². The number of hydrogen-bond acceptors (Lipinski definition) is 9. The lowest BCUT2D eigenvalue weighted by Crippen LogP contribution is -2.00. The van der Waals surface area contributed by atoms with E-state index in [0.29, 0.717) is 17.5 Å². The van der Waals surface area contributed by atoms with Crippen molar-refractivity contribution in [3.8, 4) is 135 Å². The van der Waals surface area contributed by atoms with Crippen LogP contribution in [0.25, 0.3) is 298 Å². The van der Waals surface area contributed by atoms with Gasteiger partial charge in [0.05, 0.1) is 33.6 Å². The first-order valence-corrected chi connectivity index (χ1v) is 49.7. The second kappa shape index (κ2) is 35.8. The molecule has 9 nitrogen and oxygen atoms in total. The molecule has 0 saturated heterocycles. The van der Waals surface area contributed by atoms with Crippen LogP contribution < -0.4 is 0 Å². The molecule has 0 amide bonds. The molecule has 23 aromatic carbocycles. The molecular weight excluding hydrogens is 1790 g/mol. The Kier molecular flexibility index (Phi) is 20.8. The van der Waals surface area contributed by atoms with Crippen LogP contribution in [0.1, 0.15) is 0 Å². The van der Waals surface area contributed by atoms with Crippen LogP contribution >= 0.6 is 0 Å². The number of furan rings is 3. The predicted molar refractivity (Wildman–Crippen MR) is 611 cm³/mol. The van der Waals surface area contributed by atoms with Gasteiger partial charge in [0.1, 0.15) is 33.5 Å². The maximum Gasteiger partial charge on any atom is 0.164 e. The first-order chi connectivity index (χ1) is 72.9. The van der Waals surface area contributed by atoms with Gasteiger partial charge in [0.2, 0.25) is 0 Å². The highest BCUT2D eigenvalue weighted by Gasteiger charge is 2.27. The van der Waals surface area contributed by atoms with Crippen LogP contribution in [-0.4, -0.2) is 29.9 Å². The van der Waals surface area contributed by atoms with Crippen molar-refractivity contribution in [2.75, 3.05) is 0 Å². The monoisotopic (exact) mass is 1870 g/mol. The van der Waals surface area contributed by atoms with E-state index in [2.05, 4.69) is 413 Å². The molecule has 9 heteroatoms. The van der Waals surface area contributed by atoms with E-state index in [1.807, 2.05) is 97.1 Å². The molecule has 30 aromatic rings. The lowest BCUT2D eigenvalue weighted by molar-refractivity contribution is 0.669. The van der Waals surface area contributed by atoms with Crippen molar-refractivity contribution in [3.63, 3.8) is 0 Å². The molecule has 684 valence electrons. The fourth-order valence-corrected chi connectivity index (χ4v) is 22.2. The SMILES string of the molecule is c1ccc(-c2cc(-c3ccccc3)cc(-c3cccc4c3nc(-c3ccccc3)c3ccc5oc6ccccc6c5c34)c2)cc1.c1ccc(-c2nc(-c3ccccc3)nc(-c3ccc(-c4ccc(-c5cccc6c5nc(-c5ccccc5)c5ccc7oc8ccccc8c7c56)cc4)cc3)n2)cc1.c1ccc(-c2nc3c(-c4ccc5c6ccccc6c6ccccc6c5c4)cccc3c3c2ccc2oc4ccccc4c23)cc1. The molecule has 30 rings (SSSR count). The maximum absolute atomic E-state index is 6.38. The lowest BCUT2D eigenvalue weighted by atomic mass is 9.90. The van der Waals surface area contributed by atoms with Gasteiger partial charge in [0.15, 0.2) is 17.5 Å². The molecule has 0 aliphatic heterocycles. The Morgan fingerprint density at radius 3 is 0.707 bits per heavy atom. The van der Waals surface area contributed by atoms with E-state index < -0.39 is 0 Å². The van der Waals surface area contributed by atoms with Gasteiger partial charge in [-0.2, -0.15) is 0 Å². The highest BCUT2D eigenvalue weighted by Crippen LogP contribution is 2.50. The van der Waals surface area contributed by atoms with Gasteiger partial charge in [0, 0.05) is 131 Å². The van der Waals surface area contributed by atoms with Crippen molar-refractivity contribution >= 4 is 163 Å². The smallest absolute Gasteiger partial charge is 0.164 e. The summed E-state index contributed by atoms with van der Waals surface area (Å²) in [7, 11) is 0. The highest BCUT2D eigenvalue weighted by atomic mass is 16.3. The number of aromatic nitrogens is 6. The van der Waals surface area contributed by atoms with Gasteiger partial charge in [-0.1, -0.05) is 431 Å². The zero-order valence-electron chi connectivity index (χ0n) is 79.4. The third kappa shape index (κ3) is 14.9. The van der Waals surface area contributed by atoms with Gasteiger partial charge in [-0.05, 0) is 161 Å². The molecule has 0 bridgehead atoms. The van der Waals surface area contributed by atoms with E-state index in [1.165, 1.54) is 65.3 Å². The molecule has 0 saturated carbocycles. The van der Waals surface area contributed by atoms with Crippen LogP contribution in [0.15, 0.2) is 523 Å². The van der Waals surface area contributed by atoms with Crippen LogP contribution in [0.4, 0.5) is 0 Å². The minimum absolute atomic E-state index is 0.635. The molecule has 0 fully saturated rings. The second-order valence-corrected chi connectivity index (χ2v) is 37.5. The van der Waals surface area contributed by atoms with E-state index in [4.69, 9.17) is 43.2 Å². The topological polar surface area (TPSA) is 117 Å². The number of fused-ring (bicyclic) bond motifs is 27. The van der Waals surface area contributed by atoms with E-state index in [0.717, 1.165) is 215 Å². The summed E-state index contributed by atoms with van der Waals surface area (Å²) in [4.78, 5) is 31.1. The molecular formula is C138H84N6O3. The van der Waals surface area contributed by atoms with Gasteiger partial charge >= 0.3 is 0 Å². The second-order valence-electron chi connectivity index (χ2n) is 37.5. The average Bonchev–Trinajstić information content (AvgIpc) is 1.67. The summed E-state index contributed by atoms with van der Waals surface area (Å²) in [5, 5.41) is 24.6. The van der Waals surface area contributed by atoms with Crippen LogP contribution in [0.2, 0.25) is 0 Å². The van der Waals surface area contributed by atoms with Crippen molar-refractivity contribution in [3.05, 3.63) is 510 Å². The van der Waals surface area contributed by atoms with Crippen LogP contribution in [0.5, 0.6) is 0 Å². The molecule has 0 spiro atoms. The number of rotatable bonds is 12.